The summed E-state index contributed by atoms with van der Waals surface area (Å²) in [5.74, 6) is 0.456. The molecule has 2 N–H and O–H groups in total. The molecule has 1 amide bonds. The molecule has 72 valence electrons. The lowest BCUT2D eigenvalue weighted by Gasteiger charge is -1.98. The van der Waals surface area contributed by atoms with E-state index in [1.807, 2.05) is 0 Å². The first-order valence-electron chi connectivity index (χ1n) is 4.05. The molecule has 1 saturated heterocycles. The van der Waals surface area contributed by atoms with Crippen molar-refractivity contribution in [3.05, 3.63) is 24.3 Å². The van der Waals surface area contributed by atoms with E-state index in [4.69, 9.17) is 0 Å². The molecule has 1 aliphatic heterocycles. The smallest absolute Gasteiger partial charge is 0.236 e. The fourth-order valence-corrected chi connectivity index (χ4v) is 1.74. The zero-order valence-electron chi connectivity index (χ0n) is 7.23. The van der Waals surface area contributed by atoms with Gasteiger partial charge in [-0.15, -0.1) is 0 Å². The molecule has 0 aliphatic carbocycles. The molecular formula is C9H8N2O2S. The molecule has 0 atom stereocenters. The summed E-state index contributed by atoms with van der Waals surface area (Å²) in [4.78, 5) is 15.0. The van der Waals surface area contributed by atoms with Crippen molar-refractivity contribution in [2.75, 3.05) is 5.75 Å². The molecule has 2 rings (SSSR count). The van der Waals surface area contributed by atoms with Crippen molar-refractivity contribution < 1.29 is 9.90 Å². The Morgan fingerprint density at radius 1 is 1.43 bits per heavy atom. The van der Waals surface area contributed by atoms with Crippen molar-refractivity contribution >= 4 is 28.5 Å². The maximum atomic E-state index is 10.9. The Bertz CT molecular complexity index is 404. The van der Waals surface area contributed by atoms with Gasteiger partial charge in [-0.2, -0.15) is 0 Å². The van der Waals surface area contributed by atoms with Gasteiger partial charge in [0, 0.05) is 0 Å². The second kappa shape index (κ2) is 3.71. The first-order chi connectivity index (χ1) is 6.75. The second-order valence-corrected chi connectivity index (χ2v) is 3.71. The lowest BCUT2D eigenvalue weighted by atomic mass is 10.3. The number of amides is 1. The Hall–Kier alpha value is -1.49. The SMILES string of the molecule is O=C1CSC(=Nc2ccccc2O)N1. The molecule has 14 heavy (non-hydrogen) atoms. The summed E-state index contributed by atoms with van der Waals surface area (Å²) in [5.41, 5.74) is 0.470. The van der Waals surface area contributed by atoms with Gasteiger partial charge in [0.25, 0.3) is 0 Å². The van der Waals surface area contributed by atoms with Gasteiger partial charge in [-0.05, 0) is 12.1 Å². The monoisotopic (exact) mass is 208 g/mol. The molecule has 1 aromatic rings. The van der Waals surface area contributed by atoms with E-state index in [1.165, 1.54) is 11.8 Å². The molecule has 0 unspecified atom stereocenters. The van der Waals surface area contributed by atoms with E-state index in [9.17, 15) is 9.90 Å². The number of carbonyl (C=O) groups excluding carboxylic acids is 1. The van der Waals surface area contributed by atoms with Gasteiger partial charge >= 0.3 is 0 Å². The summed E-state index contributed by atoms with van der Waals surface area (Å²) in [7, 11) is 0. The highest BCUT2D eigenvalue weighted by Gasteiger charge is 2.16. The highest BCUT2D eigenvalue weighted by Crippen LogP contribution is 2.26. The summed E-state index contributed by atoms with van der Waals surface area (Å²) >= 11 is 1.33. The lowest BCUT2D eigenvalue weighted by molar-refractivity contribution is -0.116. The average Bonchev–Trinajstić information content (AvgIpc) is 2.56. The second-order valence-electron chi connectivity index (χ2n) is 2.74. The molecular weight excluding hydrogens is 200 g/mol. The fraction of sp³-hybridized carbons (Fsp3) is 0.111. The van der Waals surface area contributed by atoms with Crippen LogP contribution >= 0.6 is 11.8 Å². The highest BCUT2D eigenvalue weighted by atomic mass is 32.2. The molecule has 1 aliphatic rings. The number of nitrogens with one attached hydrogen (secondary N) is 1. The van der Waals surface area contributed by atoms with Gasteiger partial charge < -0.3 is 10.4 Å². The molecule has 0 bridgehead atoms. The molecule has 0 aromatic heterocycles. The maximum Gasteiger partial charge on any atom is 0.236 e. The van der Waals surface area contributed by atoms with Crippen LogP contribution in [0.2, 0.25) is 0 Å². The molecule has 1 heterocycles. The minimum Gasteiger partial charge on any atom is -0.506 e. The molecule has 0 radical (unpaired) electrons. The Labute approximate surface area is 85.0 Å². The van der Waals surface area contributed by atoms with Crippen molar-refractivity contribution in [1.29, 1.82) is 0 Å². The molecule has 1 fully saturated rings. The number of benzene rings is 1. The molecule has 0 saturated carbocycles. The number of rotatable bonds is 1. The minimum atomic E-state index is -0.0517. The number of nitrogens with zero attached hydrogens (tertiary/aromatic N) is 1. The number of thioether (sulfide) groups is 1. The van der Waals surface area contributed by atoms with E-state index < -0.39 is 0 Å². The van der Waals surface area contributed by atoms with Crippen LogP contribution in [0.5, 0.6) is 5.75 Å². The van der Waals surface area contributed by atoms with Crippen LogP contribution in [-0.2, 0) is 4.79 Å². The Kier molecular flexibility index (Phi) is 2.41. The third-order valence-electron chi connectivity index (χ3n) is 1.69. The number of amidine groups is 1. The lowest BCUT2D eigenvalue weighted by Crippen LogP contribution is -2.19. The normalized spacial score (nSPS) is 18.6. The third kappa shape index (κ3) is 1.88. The van der Waals surface area contributed by atoms with Crippen molar-refractivity contribution in [2.45, 2.75) is 0 Å². The Morgan fingerprint density at radius 2 is 2.21 bits per heavy atom. The first-order valence-corrected chi connectivity index (χ1v) is 5.03. The van der Waals surface area contributed by atoms with Crippen LogP contribution in [0.1, 0.15) is 0 Å². The van der Waals surface area contributed by atoms with Crippen LogP contribution in [0, 0.1) is 0 Å². The average molecular weight is 208 g/mol. The predicted molar refractivity (Wildman–Crippen MR) is 55.8 cm³/mol. The van der Waals surface area contributed by atoms with E-state index in [1.54, 1.807) is 24.3 Å². The van der Waals surface area contributed by atoms with Crippen LogP contribution in [0.3, 0.4) is 0 Å². The number of phenols is 1. The number of aromatic hydroxyl groups is 1. The molecule has 1 aromatic carbocycles. The van der Waals surface area contributed by atoms with Gasteiger partial charge in [0.15, 0.2) is 5.17 Å². The highest BCUT2D eigenvalue weighted by molar-refractivity contribution is 8.15. The molecule has 0 spiro atoms. The third-order valence-corrected chi connectivity index (χ3v) is 2.56. The zero-order valence-corrected chi connectivity index (χ0v) is 8.04. The number of hydrogen-bond acceptors (Lipinski definition) is 4. The van der Waals surface area contributed by atoms with E-state index >= 15 is 0 Å². The van der Waals surface area contributed by atoms with Crippen molar-refractivity contribution in [2.24, 2.45) is 4.99 Å². The summed E-state index contributed by atoms with van der Waals surface area (Å²) in [6.07, 6.45) is 0. The van der Waals surface area contributed by atoms with Gasteiger partial charge in [-0.25, -0.2) is 4.99 Å². The largest absolute Gasteiger partial charge is 0.506 e. The molecule has 4 nitrogen and oxygen atoms in total. The summed E-state index contributed by atoms with van der Waals surface area (Å²) in [6.45, 7) is 0. The summed E-state index contributed by atoms with van der Waals surface area (Å²) < 4.78 is 0. The van der Waals surface area contributed by atoms with Crippen LogP contribution in [0.25, 0.3) is 0 Å². The number of aliphatic imine (C=N–C) groups is 1. The fourth-order valence-electron chi connectivity index (χ4n) is 1.05. The van der Waals surface area contributed by atoms with Crippen LogP contribution in [0.4, 0.5) is 5.69 Å². The van der Waals surface area contributed by atoms with Crippen molar-refractivity contribution in [1.82, 2.24) is 5.32 Å². The quantitative estimate of drug-likeness (QED) is 0.730. The standard InChI is InChI=1S/C9H8N2O2S/c12-7-4-2-1-3-6(7)10-9-11-8(13)5-14-9/h1-4,12H,5H2,(H,10,11,13). The van der Waals surface area contributed by atoms with Crippen LogP contribution in [-0.4, -0.2) is 21.9 Å². The number of carbonyl (C=O) groups is 1. The Morgan fingerprint density at radius 3 is 2.86 bits per heavy atom. The van der Waals surface area contributed by atoms with Crippen LogP contribution < -0.4 is 5.32 Å². The Balaban J connectivity index is 2.25. The van der Waals surface area contributed by atoms with Crippen molar-refractivity contribution in [3.8, 4) is 5.75 Å². The van der Waals surface area contributed by atoms with Crippen molar-refractivity contribution in [3.63, 3.8) is 0 Å². The van der Waals surface area contributed by atoms with Crippen LogP contribution in [0.15, 0.2) is 29.3 Å². The number of para-hydroxylation sites is 2. The molecule has 5 heteroatoms. The summed E-state index contributed by atoms with van der Waals surface area (Å²) in [5, 5.41) is 12.5. The van der Waals surface area contributed by atoms with E-state index in [0.29, 0.717) is 16.6 Å². The number of phenolic OH excluding ortho intramolecular Hbond substituents is 1. The van der Waals surface area contributed by atoms with Gasteiger partial charge in [-0.3, -0.25) is 4.79 Å². The minimum absolute atomic E-state index is 0.0517. The van der Waals surface area contributed by atoms with Gasteiger partial charge in [-0.1, -0.05) is 23.9 Å². The number of hydrogen-bond donors (Lipinski definition) is 2. The van der Waals surface area contributed by atoms with E-state index in [0.717, 1.165) is 0 Å². The van der Waals surface area contributed by atoms with E-state index in [-0.39, 0.29) is 11.7 Å². The predicted octanol–water partition coefficient (Wildman–Crippen LogP) is 1.24. The topological polar surface area (TPSA) is 61.7 Å². The van der Waals surface area contributed by atoms with Gasteiger partial charge in [0.2, 0.25) is 5.91 Å². The first kappa shape index (κ1) is 9.08. The maximum absolute atomic E-state index is 10.9. The van der Waals surface area contributed by atoms with Gasteiger partial charge in [0.05, 0.1) is 5.75 Å². The summed E-state index contributed by atoms with van der Waals surface area (Å²) in [6, 6.07) is 6.74. The van der Waals surface area contributed by atoms with Gasteiger partial charge in [0.1, 0.15) is 11.4 Å². The zero-order chi connectivity index (χ0) is 9.97. The van der Waals surface area contributed by atoms with E-state index in [2.05, 4.69) is 10.3 Å².